The zero-order chi connectivity index (χ0) is 22.1. The topological polar surface area (TPSA) is 115 Å². The number of thiophene rings is 1. The van der Waals surface area contributed by atoms with Gasteiger partial charge in [-0.05, 0) is 11.6 Å². The lowest BCUT2D eigenvalue weighted by molar-refractivity contribution is -0.132. The second kappa shape index (κ2) is 9.05. The number of benzene rings is 1. The zero-order valence-electron chi connectivity index (χ0n) is 16.0. The third kappa shape index (κ3) is 4.81. The summed E-state index contributed by atoms with van der Waals surface area (Å²) in [5.74, 6) is -0.378. The Morgan fingerprint density at radius 3 is 2.55 bits per heavy atom. The maximum atomic E-state index is 13.0. The first-order chi connectivity index (χ1) is 14.8. The van der Waals surface area contributed by atoms with Gasteiger partial charge >= 0.3 is 6.09 Å². The minimum atomic E-state index is -1.02. The highest BCUT2D eigenvalue weighted by molar-refractivity contribution is 7.22. The van der Waals surface area contributed by atoms with Gasteiger partial charge in [0.2, 0.25) is 11.8 Å². The van der Waals surface area contributed by atoms with Crippen molar-refractivity contribution in [1.29, 1.82) is 0 Å². The summed E-state index contributed by atoms with van der Waals surface area (Å²) in [6.45, 7) is -0.0248. The van der Waals surface area contributed by atoms with Gasteiger partial charge in [-0.2, -0.15) is 0 Å². The van der Waals surface area contributed by atoms with Crippen LogP contribution < -0.4 is 10.1 Å². The van der Waals surface area contributed by atoms with Crippen LogP contribution in [-0.2, 0) is 11.2 Å². The van der Waals surface area contributed by atoms with E-state index in [1.54, 1.807) is 6.07 Å². The second-order valence-corrected chi connectivity index (χ2v) is 9.28. The number of fused-ring (bicyclic) bond motifs is 1. The van der Waals surface area contributed by atoms with E-state index >= 15 is 0 Å². The van der Waals surface area contributed by atoms with Gasteiger partial charge in [0.15, 0.2) is 0 Å². The molecule has 8 nitrogen and oxygen atoms in total. The van der Waals surface area contributed by atoms with Crippen molar-refractivity contribution in [1.82, 2.24) is 15.2 Å². The summed E-state index contributed by atoms with van der Waals surface area (Å²) in [6, 6.07) is 9.87. The minimum absolute atomic E-state index is 0.0124. The van der Waals surface area contributed by atoms with Gasteiger partial charge in [-0.1, -0.05) is 53.5 Å². The van der Waals surface area contributed by atoms with Gasteiger partial charge in [0, 0.05) is 24.9 Å². The molecule has 1 aliphatic rings. The molecule has 3 atom stereocenters. The third-order valence-electron chi connectivity index (χ3n) is 5.00. The summed E-state index contributed by atoms with van der Waals surface area (Å²) in [5, 5.41) is 23.0. The van der Waals surface area contributed by atoms with Gasteiger partial charge in [-0.3, -0.25) is 4.79 Å². The third-order valence-corrected chi connectivity index (χ3v) is 6.56. The number of carbonyl (C=O) groups excluding carboxylic acids is 2. The van der Waals surface area contributed by atoms with Gasteiger partial charge in [-0.25, -0.2) is 4.79 Å². The summed E-state index contributed by atoms with van der Waals surface area (Å²) in [7, 11) is 0. The Hall–Kier alpha value is -2.30. The van der Waals surface area contributed by atoms with Crippen LogP contribution in [0.25, 0.3) is 10.2 Å². The maximum absolute atomic E-state index is 13.0. The molecular weight excluding hydrogens is 465 g/mol. The molecule has 0 bridgehead atoms. The number of aliphatic hydroxyl groups is 2. The fraction of sp³-hybridized carbons (Fsp3) is 0.300. The number of halogens is 2. The van der Waals surface area contributed by atoms with Gasteiger partial charge < -0.3 is 30.2 Å². The lowest BCUT2D eigenvalue weighted by Gasteiger charge is -2.24. The number of rotatable bonds is 5. The Morgan fingerprint density at radius 1 is 1.23 bits per heavy atom. The number of H-pyrrole nitrogens is 1. The van der Waals surface area contributed by atoms with Crippen molar-refractivity contribution in [2.24, 2.45) is 0 Å². The van der Waals surface area contributed by atoms with Crippen molar-refractivity contribution >= 4 is 56.8 Å². The standard InChI is InChI=1S/C20H19Cl2N3O5S/c21-15-7-11-16(22)17(24-18(11)31-15)30-20(29)23-12(6-10-4-2-1-3-5-10)19(28)25-8-13(26)14(27)9-25/h1-5,7,12-14,24,26-27H,6,8-9H2,(H,23,29)/t12-,13-,14+/m0/s1. The molecule has 1 aliphatic heterocycles. The van der Waals surface area contributed by atoms with E-state index in [2.05, 4.69) is 10.3 Å². The lowest BCUT2D eigenvalue weighted by Crippen LogP contribution is -2.50. The Kier molecular flexibility index (Phi) is 6.40. The number of nitrogens with one attached hydrogen (secondary N) is 2. The molecule has 164 valence electrons. The van der Waals surface area contributed by atoms with Crippen molar-refractivity contribution in [3.8, 4) is 5.88 Å². The van der Waals surface area contributed by atoms with Crippen LogP contribution in [0.2, 0.25) is 9.36 Å². The molecule has 3 aromatic rings. The number of amides is 2. The molecule has 0 unspecified atom stereocenters. The summed E-state index contributed by atoms with van der Waals surface area (Å²) in [5.41, 5.74) is 0.828. The molecule has 31 heavy (non-hydrogen) atoms. The first-order valence-electron chi connectivity index (χ1n) is 9.45. The smallest absolute Gasteiger partial charge is 0.392 e. The molecule has 2 aromatic heterocycles. The fourth-order valence-electron chi connectivity index (χ4n) is 3.45. The normalized spacial score (nSPS) is 19.5. The second-order valence-electron chi connectivity index (χ2n) is 7.22. The van der Waals surface area contributed by atoms with Crippen LogP contribution in [-0.4, -0.2) is 63.4 Å². The van der Waals surface area contributed by atoms with Crippen LogP contribution in [0.3, 0.4) is 0 Å². The van der Waals surface area contributed by atoms with E-state index in [0.717, 1.165) is 5.56 Å². The molecule has 0 saturated carbocycles. The molecule has 0 spiro atoms. The quantitative estimate of drug-likeness (QED) is 0.445. The van der Waals surface area contributed by atoms with Crippen LogP contribution in [0.1, 0.15) is 5.56 Å². The highest BCUT2D eigenvalue weighted by atomic mass is 35.5. The number of aromatic amines is 1. The number of β-amino-alcohol motifs (C(OH)–C–C–N with tert-alkyl or cyclic N) is 2. The van der Waals surface area contributed by atoms with Crippen LogP contribution in [0.4, 0.5) is 4.79 Å². The Balaban J connectivity index is 1.50. The van der Waals surface area contributed by atoms with Crippen LogP contribution in [0.5, 0.6) is 5.88 Å². The van der Waals surface area contributed by atoms with Crippen molar-refractivity contribution in [2.45, 2.75) is 24.7 Å². The van der Waals surface area contributed by atoms with Crippen molar-refractivity contribution < 1.29 is 24.5 Å². The highest BCUT2D eigenvalue weighted by Crippen LogP contribution is 2.39. The molecule has 4 rings (SSSR count). The predicted molar refractivity (Wildman–Crippen MR) is 118 cm³/mol. The Morgan fingerprint density at radius 2 is 1.90 bits per heavy atom. The van der Waals surface area contributed by atoms with Gasteiger partial charge in [0.1, 0.15) is 15.9 Å². The van der Waals surface area contributed by atoms with Crippen molar-refractivity contribution in [2.75, 3.05) is 13.1 Å². The highest BCUT2D eigenvalue weighted by Gasteiger charge is 2.36. The molecule has 2 amide bonds. The minimum Gasteiger partial charge on any atom is -0.392 e. The molecular formula is C20H19Cl2N3O5S. The molecule has 1 aromatic carbocycles. The largest absolute Gasteiger partial charge is 0.414 e. The average molecular weight is 484 g/mol. The van der Waals surface area contributed by atoms with E-state index in [0.29, 0.717) is 14.6 Å². The van der Waals surface area contributed by atoms with Gasteiger partial charge in [0.25, 0.3) is 0 Å². The molecule has 1 fully saturated rings. The molecule has 1 saturated heterocycles. The number of hydrogen-bond donors (Lipinski definition) is 4. The SMILES string of the molecule is O=C(N[C@@H](Cc1ccccc1)C(=O)N1C[C@@H](O)[C@@H](O)C1)Oc1[nH]c2sc(Cl)cc2c1Cl. The number of aliphatic hydroxyl groups excluding tert-OH is 2. The first kappa shape index (κ1) is 21.9. The number of likely N-dealkylation sites (tertiary alicyclic amines) is 1. The summed E-state index contributed by atoms with van der Waals surface area (Å²) in [4.78, 5) is 30.5. The number of hydrogen-bond acceptors (Lipinski definition) is 6. The number of carbonyl (C=O) groups is 2. The molecule has 3 heterocycles. The predicted octanol–water partition coefficient (Wildman–Crippen LogP) is 2.80. The maximum Gasteiger partial charge on any atom is 0.414 e. The number of aromatic nitrogens is 1. The van der Waals surface area contributed by atoms with Crippen LogP contribution in [0, 0.1) is 0 Å². The fourth-order valence-corrected chi connectivity index (χ4v) is 4.87. The molecule has 4 N–H and O–H groups in total. The van der Waals surface area contributed by atoms with E-state index in [-0.39, 0.29) is 30.4 Å². The monoisotopic (exact) mass is 483 g/mol. The van der Waals surface area contributed by atoms with E-state index in [9.17, 15) is 19.8 Å². The average Bonchev–Trinajstić information content (AvgIpc) is 3.36. The zero-order valence-corrected chi connectivity index (χ0v) is 18.4. The Bertz CT molecular complexity index is 1090. The molecule has 0 radical (unpaired) electrons. The summed E-state index contributed by atoms with van der Waals surface area (Å²) >= 11 is 13.5. The molecule has 11 heteroatoms. The van der Waals surface area contributed by atoms with E-state index in [1.807, 2.05) is 30.3 Å². The first-order valence-corrected chi connectivity index (χ1v) is 11.0. The van der Waals surface area contributed by atoms with Crippen LogP contribution in [0.15, 0.2) is 36.4 Å². The van der Waals surface area contributed by atoms with E-state index in [4.69, 9.17) is 27.9 Å². The summed E-state index contributed by atoms with van der Waals surface area (Å²) < 4.78 is 5.85. The number of ether oxygens (including phenoxy) is 1. The van der Waals surface area contributed by atoms with E-state index in [1.165, 1.54) is 16.2 Å². The Labute approximate surface area is 191 Å². The summed E-state index contributed by atoms with van der Waals surface area (Å²) in [6.07, 6.45) is -2.70. The van der Waals surface area contributed by atoms with Crippen LogP contribution >= 0.6 is 34.5 Å². The molecule has 0 aliphatic carbocycles. The lowest BCUT2D eigenvalue weighted by atomic mass is 10.1. The van der Waals surface area contributed by atoms with E-state index < -0.39 is 30.3 Å². The van der Waals surface area contributed by atoms with Crippen molar-refractivity contribution in [3.05, 3.63) is 51.3 Å². The van der Waals surface area contributed by atoms with Gasteiger partial charge in [0.05, 0.1) is 16.5 Å². The van der Waals surface area contributed by atoms with Crippen molar-refractivity contribution in [3.63, 3.8) is 0 Å². The van der Waals surface area contributed by atoms with Gasteiger partial charge in [-0.15, -0.1) is 11.3 Å². The number of nitrogens with zero attached hydrogens (tertiary/aromatic N) is 1.